The molecule has 2 N–H and O–H groups in total. The molecule has 0 bridgehead atoms. The predicted molar refractivity (Wildman–Crippen MR) is 137 cm³/mol. The lowest BCUT2D eigenvalue weighted by Gasteiger charge is -2.34. The topological polar surface area (TPSA) is 61.4 Å². The molecule has 37 heavy (non-hydrogen) atoms. The molecule has 1 saturated carbocycles. The Kier molecular flexibility index (Phi) is 9.24. The summed E-state index contributed by atoms with van der Waals surface area (Å²) >= 11 is 0. The maximum atomic E-state index is 13.5. The second-order valence-electron chi connectivity index (χ2n) is 10.4. The summed E-state index contributed by atoms with van der Waals surface area (Å²) in [6.45, 7) is 2.47. The van der Waals surface area contributed by atoms with Crippen molar-refractivity contribution in [3.05, 3.63) is 71.5 Å². The van der Waals surface area contributed by atoms with Crippen LogP contribution < -0.4 is 10.6 Å². The van der Waals surface area contributed by atoms with Gasteiger partial charge in [0.1, 0.15) is 5.82 Å². The van der Waals surface area contributed by atoms with E-state index in [1.54, 1.807) is 12.1 Å². The van der Waals surface area contributed by atoms with Crippen LogP contribution in [0.4, 0.5) is 13.2 Å². The number of rotatable bonds is 9. The summed E-state index contributed by atoms with van der Waals surface area (Å²) in [6.07, 6.45) is 2.63. The van der Waals surface area contributed by atoms with Crippen molar-refractivity contribution < 1.29 is 22.8 Å². The first-order valence-corrected chi connectivity index (χ1v) is 13.3. The van der Waals surface area contributed by atoms with Crippen molar-refractivity contribution in [2.45, 2.75) is 69.4 Å². The number of likely N-dealkylation sites (tertiary alicyclic amines) is 1. The minimum atomic E-state index is -2.65. The highest BCUT2D eigenvalue weighted by Crippen LogP contribution is 2.36. The second kappa shape index (κ2) is 12.6. The standard InChI is InChI=1S/C29H36F3N3O2/c30-24-8-6-21(7-9-24)20-27(36)33-25-12-17-35(18-13-25)19-14-26(22-4-2-1-3-5-22)34-28(37)23-10-15-29(31,32)16-11-23/h1-9,23,25-26H,10-20H2,(H,33,36)(H,34,37)/t26-/m0/s1. The van der Waals surface area contributed by atoms with Gasteiger partial charge in [-0.1, -0.05) is 42.5 Å². The number of piperidine rings is 1. The number of nitrogens with one attached hydrogen (secondary N) is 2. The molecule has 4 rings (SSSR count). The van der Waals surface area contributed by atoms with Crippen molar-refractivity contribution in [3.63, 3.8) is 0 Å². The maximum Gasteiger partial charge on any atom is 0.248 e. The molecule has 0 aromatic heterocycles. The Morgan fingerprint density at radius 1 is 0.946 bits per heavy atom. The van der Waals surface area contributed by atoms with E-state index in [1.807, 2.05) is 30.3 Å². The van der Waals surface area contributed by atoms with Crippen molar-refractivity contribution in [3.8, 4) is 0 Å². The van der Waals surface area contributed by atoms with E-state index in [1.165, 1.54) is 12.1 Å². The van der Waals surface area contributed by atoms with Gasteiger partial charge in [-0.05, 0) is 55.4 Å². The summed E-state index contributed by atoms with van der Waals surface area (Å²) in [5, 5.41) is 6.23. The molecule has 1 atom stereocenters. The van der Waals surface area contributed by atoms with Crippen LogP contribution >= 0.6 is 0 Å². The summed E-state index contributed by atoms with van der Waals surface area (Å²) in [6, 6.07) is 15.7. The highest BCUT2D eigenvalue weighted by molar-refractivity contribution is 5.79. The fourth-order valence-corrected chi connectivity index (χ4v) is 5.28. The third-order valence-electron chi connectivity index (χ3n) is 7.57. The van der Waals surface area contributed by atoms with Gasteiger partial charge in [-0.25, -0.2) is 13.2 Å². The molecule has 0 spiro atoms. The number of hydrogen-bond donors (Lipinski definition) is 2. The van der Waals surface area contributed by atoms with E-state index < -0.39 is 5.92 Å². The molecule has 200 valence electrons. The van der Waals surface area contributed by atoms with Crippen LogP contribution in [0.1, 0.15) is 62.1 Å². The second-order valence-corrected chi connectivity index (χ2v) is 10.4. The Morgan fingerprint density at radius 3 is 2.24 bits per heavy atom. The normalized spacial score (nSPS) is 19.8. The number of carbonyl (C=O) groups is 2. The molecule has 8 heteroatoms. The molecule has 2 amide bonds. The zero-order valence-electron chi connectivity index (χ0n) is 21.1. The molecule has 2 fully saturated rings. The molecule has 1 heterocycles. The van der Waals surface area contributed by atoms with Crippen LogP contribution in [0, 0.1) is 11.7 Å². The van der Waals surface area contributed by atoms with Gasteiger partial charge in [0.2, 0.25) is 17.7 Å². The van der Waals surface area contributed by atoms with Crippen LogP contribution in [0.3, 0.4) is 0 Å². The third-order valence-corrected chi connectivity index (χ3v) is 7.57. The quantitative estimate of drug-likeness (QED) is 0.493. The van der Waals surface area contributed by atoms with Gasteiger partial charge in [0, 0.05) is 44.4 Å². The van der Waals surface area contributed by atoms with Crippen LogP contribution in [0.25, 0.3) is 0 Å². The number of halogens is 3. The van der Waals surface area contributed by atoms with Crippen molar-refractivity contribution in [2.75, 3.05) is 19.6 Å². The lowest BCUT2D eigenvalue weighted by Crippen LogP contribution is -2.46. The number of benzene rings is 2. The fourth-order valence-electron chi connectivity index (χ4n) is 5.28. The number of nitrogens with zero attached hydrogens (tertiary/aromatic N) is 1. The van der Waals surface area contributed by atoms with Crippen LogP contribution in [0.2, 0.25) is 0 Å². The van der Waals surface area contributed by atoms with E-state index in [0.29, 0.717) is 0 Å². The van der Waals surface area contributed by atoms with Crippen LogP contribution in [0.15, 0.2) is 54.6 Å². The van der Waals surface area contributed by atoms with Crippen LogP contribution in [-0.4, -0.2) is 48.3 Å². The molecule has 2 aromatic rings. The van der Waals surface area contributed by atoms with Crippen molar-refractivity contribution in [1.82, 2.24) is 15.5 Å². The van der Waals surface area contributed by atoms with Crippen molar-refractivity contribution in [1.29, 1.82) is 0 Å². The average Bonchev–Trinajstić information content (AvgIpc) is 2.89. The number of amides is 2. The van der Waals surface area contributed by atoms with Gasteiger partial charge in [-0.15, -0.1) is 0 Å². The van der Waals surface area contributed by atoms with Gasteiger partial charge < -0.3 is 15.5 Å². The SMILES string of the molecule is O=C(Cc1ccc(F)cc1)NC1CCN(CC[C@H](NC(=O)C2CCC(F)(F)CC2)c2ccccc2)CC1. The Bertz CT molecular complexity index is 1010. The van der Waals surface area contributed by atoms with E-state index in [9.17, 15) is 22.8 Å². The number of alkyl halides is 2. The molecule has 0 radical (unpaired) electrons. The zero-order chi connectivity index (χ0) is 26.3. The molecule has 0 unspecified atom stereocenters. The maximum absolute atomic E-state index is 13.5. The number of hydrogen-bond acceptors (Lipinski definition) is 3. The Balaban J connectivity index is 1.24. The first-order chi connectivity index (χ1) is 17.8. The minimum absolute atomic E-state index is 0.0580. The molecule has 5 nitrogen and oxygen atoms in total. The lowest BCUT2D eigenvalue weighted by molar-refractivity contribution is -0.130. The summed E-state index contributed by atoms with van der Waals surface area (Å²) in [5.74, 6) is -3.52. The van der Waals surface area contributed by atoms with E-state index in [-0.39, 0.29) is 67.7 Å². The highest BCUT2D eigenvalue weighted by Gasteiger charge is 2.37. The summed E-state index contributed by atoms with van der Waals surface area (Å²) in [5.41, 5.74) is 1.80. The van der Waals surface area contributed by atoms with Crippen LogP contribution in [0.5, 0.6) is 0 Å². The highest BCUT2D eigenvalue weighted by atomic mass is 19.3. The Morgan fingerprint density at radius 2 is 1.59 bits per heavy atom. The lowest BCUT2D eigenvalue weighted by atomic mass is 9.86. The van der Waals surface area contributed by atoms with Gasteiger partial charge in [0.05, 0.1) is 12.5 Å². The van der Waals surface area contributed by atoms with Gasteiger partial charge in [-0.2, -0.15) is 0 Å². The van der Waals surface area contributed by atoms with E-state index in [2.05, 4.69) is 15.5 Å². The molecule has 1 aliphatic carbocycles. The monoisotopic (exact) mass is 515 g/mol. The average molecular weight is 516 g/mol. The minimum Gasteiger partial charge on any atom is -0.353 e. The zero-order valence-corrected chi connectivity index (χ0v) is 21.1. The van der Waals surface area contributed by atoms with Crippen LogP contribution in [-0.2, 0) is 16.0 Å². The van der Waals surface area contributed by atoms with Gasteiger partial charge in [0.15, 0.2) is 0 Å². The summed E-state index contributed by atoms with van der Waals surface area (Å²) < 4.78 is 40.1. The van der Waals surface area contributed by atoms with Gasteiger partial charge in [0.25, 0.3) is 0 Å². The first kappa shape index (κ1) is 27.2. The largest absolute Gasteiger partial charge is 0.353 e. The smallest absolute Gasteiger partial charge is 0.248 e. The predicted octanol–water partition coefficient (Wildman–Crippen LogP) is 5.02. The van der Waals surface area contributed by atoms with Crippen molar-refractivity contribution >= 4 is 11.8 Å². The molecular formula is C29H36F3N3O2. The first-order valence-electron chi connectivity index (χ1n) is 13.3. The van der Waals surface area contributed by atoms with Gasteiger partial charge in [-0.3, -0.25) is 9.59 Å². The van der Waals surface area contributed by atoms with E-state index in [0.717, 1.165) is 50.0 Å². The Labute approximate surface area is 216 Å². The van der Waals surface area contributed by atoms with E-state index in [4.69, 9.17) is 0 Å². The fraction of sp³-hybridized carbons (Fsp3) is 0.517. The Hall–Kier alpha value is -2.87. The molecule has 1 saturated heterocycles. The molecule has 2 aromatic carbocycles. The summed E-state index contributed by atoms with van der Waals surface area (Å²) in [4.78, 5) is 27.6. The van der Waals surface area contributed by atoms with E-state index >= 15 is 0 Å². The molecular weight excluding hydrogens is 479 g/mol. The third kappa shape index (κ3) is 8.32. The molecule has 1 aliphatic heterocycles. The molecule has 2 aliphatic rings. The van der Waals surface area contributed by atoms with Gasteiger partial charge >= 0.3 is 0 Å². The van der Waals surface area contributed by atoms with Crippen molar-refractivity contribution in [2.24, 2.45) is 5.92 Å². The summed E-state index contributed by atoms with van der Waals surface area (Å²) in [7, 11) is 0. The number of carbonyl (C=O) groups excluding carboxylic acids is 2.